The summed E-state index contributed by atoms with van der Waals surface area (Å²) in [6.45, 7) is 4.58. The van der Waals surface area contributed by atoms with Crippen LogP contribution in [0.5, 0.6) is 0 Å². The van der Waals surface area contributed by atoms with E-state index in [2.05, 4.69) is 14.6 Å². The van der Waals surface area contributed by atoms with Crippen LogP contribution in [0.3, 0.4) is 0 Å². The van der Waals surface area contributed by atoms with Gasteiger partial charge in [-0.25, -0.2) is 13.1 Å². The van der Waals surface area contributed by atoms with E-state index in [1.54, 1.807) is 24.3 Å². The van der Waals surface area contributed by atoms with E-state index in [0.717, 1.165) is 17.0 Å². The molecule has 0 aliphatic heterocycles. The topological polar surface area (TPSA) is 93.3 Å². The predicted molar refractivity (Wildman–Crippen MR) is 127 cm³/mol. The van der Waals surface area contributed by atoms with E-state index in [0.29, 0.717) is 23.6 Å². The number of anilines is 1. The van der Waals surface area contributed by atoms with Crippen LogP contribution >= 0.6 is 0 Å². The van der Waals surface area contributed by atoms with Crippen molar-refractivity contribution in [3.8, 4) is 0 Å². The minimum Gasteiger partial charge on any atom is -0.468 e. The highest BCUT2D eigenvalue weighted by molar-refractivity contribution is 7.89. The molecule has 0 radical (unpaired) electrons. The van der Waals surface area contributed by atoms with Crippen molar-refractivity contribution in [3.63, 3.8) is 0 Å². The standard InChI is InChI=1S/C25H25N3O4S/c1-18-14-24(19(2)28(18)17-20-8-4-3-5-9-20)25(29)27-21-10-6-12-23(15-21)33(30,31)26-16-22-11-7-13-32-22/h3-15,26H,16-17H2,1-2H3,(H,27,29). The number of aryl methyl sites for hydroxylation is 1. The quantitative estimate of drug-likeness (QED) is 0.403. The highest BCUT2D eigenvalue weighted by Gasteiger charge is 2.18. The molecule has 4 aromatic rings. The first-order chi connectivity index (χ1) is 15.8. The lowest BCUT2D eigenvalue weighted by molar-refractivity contribution is 0.102. The van der Waals surface area contributed by atoms with E-state index >= 15 is 0 Å². The molecule has 4 rings (SSSR count). The number of benzene rings is 2. The van der Waals surface area contributed by atoms with Crippen LogP contribution in [0.15, 0.2) is 88.4 Å². The Hall–Kier alpha value is -3.62. The molecule has 2 heterocycles. The van der Waals surface area contributed by atoms with Gasteiger partial charge in [0, 0.05) is 23.6 Å². The number of hydrogen-bond donors (Lipinski definition) is 2. The second kappa shape index (κ2) is 9.48. The fraction of sp³-hybridized carbons (Fsp3) is 0.160. The largest absolute Gasteiger partial charge is 0.468 e. The Morgan fingerprint density at radius 1 is 0.970 bits per heavy atom. The number of rotatable bonds is 8. The Morgan fingerprint density at radius 2 is 1.76 bits per heavy atom. The van der Waals surface area contributed by atoms with Crippen molar-refractivity contribution < 1.29 is 17.6 Å². The number of nitrogens with one attached hydrogen (secondary N) is 2. The number of hydrogen-bond acceptors (Lipinski definition) is 4. The highest BCUT2D eigenvalue weighted by Crippen LogP contribution is 2.21. The molecular formula is C25H25N3O4S. The molecule has 8 heteroatoms. The van der Waals surface area contributed by atoms with Gasteiger partial charge in [0.05, 0.1) is 23.3 Å². The molecule has 0 bridgehead atoms. The van der Waals surface area contributed by atoms with Gasteiger partial charge >= 0.3 is 0 Å². The maximum atomic E-state index is 13.0. The Labute approximate surface area is 193 Å². The SMILES string of the molecule is Cc1cc(C(=O)Nc2cccc(S(=O)(=O)NCc3ccco3)c2)c(C)n1Cc1ccccc1. The first kappa shape index (κ1) is 22.6. The zero-order chi connectivity index (χ0) is 23.4. The molecule has 0 atom stereocenters. The van der Waals surface area contributed by atoms with Crippen molar-refractivity contribution in [1.82, 2.24) is 9.29 Å². The van der Waals surface area contributed by atoms with Crippen molar-refractivity contribution in [2.75, 3.05) is 5.32 Å². The van der Waals surface area contributed by atoms with Gasteiger partial charge in [-0.15, -0.1) is 0 Å². The third-order valence-electron chi connectivity index (χ3n) is 5.42. The number of sulfonamides is 1. The number of carbonyl (C=O) groups excluding carboxylic acids is 1. The molecule has 33 heavy (non-hydrogen) atoms. The zero-order valence-electron chi connectivity index (χ0n) is 18.4. The van der Waals surface area contributed by atoms with Crippen LogP contribution in [0.1, 0.15) is 33.1 Å². The highest BCUT2D eigenvalue weighted by atomic mass is 32.2. The van der Waals surface area contributed by atoms with E-state index in [-0.39, 0.29) is 17.3 Å². The van der Waals surface area contributed by atoms with E-state index in [1.165, 1.54) is 18.4 Å². The summed E-state index contributed by atoms with van der Waals surface area (Å²) >= 11 is 0. The summed E-state index contributed by atoms with van der Waals surface area (Å²) in [5.41, 5.74) is 3.91. The maximum Gasteiger partial charge on any atom is 0.257 e. The molecule has 2 N–H and O–H groups in total. The van der Waals surface area contributed by atoms with Crippen molar-refractivity contribution in [2.45, 2.75) is 31.8 Å². The first-order valence-electron chi connectivity index (χ1n) is 10.5. The molecular weight excluding hydrogens is 438 g/mol. The minimum absolute atomic E-state index is 0.0410. The van der Waals surface area contributed by atoms with Gasteiger partial charge in [0.2, 0.25) is 10.0 Å². The molecule has 170 valence electrons. The molecule has 2 aromatic heterocycles. The average molecular weight is 464 g/mol. The number of nitrogens with zero attached hydrogens (tertiary/aromatic N) is 1. The molecule has 2 aromatic carbocycles. The smallest absolute Gasteiger partial charge is 0.257 e. The van der Waals surface area contributed by atoms with Gasteiger partial charge in [0.25, 0.3) is 5.91 Å². The van der Waals surface area contributed by atoms with E-state index in [9.17, 15) is 13.2 Å². The minimum atomic E-state index is -3.77. The second-order valence-electron chi connectivity index (χ2n) is 7.74. The molecule has 0 saturated heterocycles. The Bertz CT molecular complexity index is 1360. The third kappa shape index (κ3) is 5.24. The van der Waals surface area contributed by atoms with Gasteiger partial charge in [0.15, 0.2) is 0 Å². The summed E-state index contributed by atoms with van der Waals surface area (Å²) in [7, 11) is -3.77. The van der Waals surface area contributed by atoms with Crippen LogP contribution in [-0.2, 0) is 23.1 Å². The van der Waals surface area contributed by atoms with Gasteiger partial charge in [-0.3, -0.25) is 4.79 Å². The van der Waals surface area contributed by atoms with Crippen LogP contribution in [0.25, 0.3) is 0 Å². The third-order valence-corrected chi connectivity index (χ3v) is 6.82. The molecule has 0 fully saturated rings. The van der Waals surface area contributed by atoms with Gasteiger partial charge in [0.1, 0.15) is 5.76 Å². The summed E-state index contributed by atoms with van der Waals surface area (Å²) in [5.74, 6) is 0.217. The summed E-state index contributed by atoms with van der Waals surface area (Å²) in [5, 5.41) is 2.82. The van der Waals surface area contributed by atoms with Gasteiger partial charge < -0.3 is 14.3 Å². The monoisotopic (exact) mass is 463 g/mol. The summed E-state index contributed by atoms with van der Waals surface area (Å²) in [6.07, 6.45) is 1.48. The number of furan rings is 1. The number of amides is 1. The van der Waals surface area contributed by atoms with Crippen LogP contribution < -0.4 is 10.0 Å². The fourth-order valence-corrected chi connectivity index (χ4v) is 4.68. The first-order valence-corrected chi connectivity index (χ1v) is 12.0. The van der Waals surface area contributed by atoms with Gasteiger partial charge in [-0.2, -0.15) is 0 Å². The maximum absolute atomic E-state index is 13.0. The van der Waals surface area contributed by atoms with Crippen LogP contribution in [0.4, 0.5) is 5.69 Å². The molecule has 0 unspecified atom stereocenters. The number of aromatic nitrogens is 1. The molecule has 7 nitrogen and oxygen atoms in total. The zero-order valence-corrected chi connectivity index (χ0v) is 19.2. The second-order valence-corrected chi connectivity index (χ2v) is 9.51. The van der Waals surface area contributed by atoms with E-state index in [1.807, 2.05) is 50.2 Å². The van der Waals surface area contributed by atoms with Crippen LogP contribution in [0.2, 0.25) is 0 Å². The average Bonchev–Trinajstić information content (AvgIpc) is 3.43. The lowest BCUT2D eigenvalue weighted by atomic mass is 10.2. The van der Waals surface area contributed by atoms with Crippen molar-refractivity contribution in [2.24, 2.45) is 0 Å². The molecule has 0 saturated carbocycles. The van der Waals surface area contributed by atoms with E-state index < -0.39 is 10.0 Å². The summed E-state index contributed by atoms with van der Waals surface area (Å²) in [6, 6.07) is 21.4. The van der Waals surface area contributed by atoms with Crippen LogP contribution in [-0.4, -0.2) is 18.9 Å². The Balaban J connectivity index is 1.49. The molecule has 1 amide bonds. The summed E-state index contributed by atoms with van der Waals surface area (Å²) < 4.78 is 35.0. The van der Waals surface area contributed by atoms with Gasteiger partial charge in [-0.05, 0) is 55.8 Å². The molecule has 0 aliphatic carbocycles. The lowest BCUT2D eigenvalue weighted by Gasteiger charge is -2.11. The molecule has 0 aliphatic rings. The fourth-order valence-electron chi connectivity index (χ4n) is 3.64. The normalized spacial score (nSPS) is 11.5. The number of carbonyl (C=O) groups is 1. The molecule has 0 spiro atoms. The van der Waals surface area contributed by atoms with Crippen molar-refractivity contribution in [1.29, 1.82) is 0 Å². The Morgan fingerprint density at radius 3 is 2.48 bits per heavy atom. The van der Waals surface area contributed by atoms with Crippen molar-refractivity contribution in [3.05, 3.63) is 107 Å². The van der Waals surface area contributed by atoms with E-state index in [4.69, 9.17) is 4.42 Å². The van der Waals surface area contributed by atoms with Crippen molar-refractivity contribution >= 4 is 21.6 Å². The Kier molecular flexibility index (Phi) is 6.48. The predicted octanol–water partition coefficient (Wildman–Crippen LogP) is 4.48. The van der Waals surface area contributed by atoms with Gasteiger partial charge in [-0.1, -0.05) is 36.4 Å². The lowest BCUT2D eigenvalue weighted by Crippen LogP contribution is -2.23. The van der Waals surface area contributed by atoms with Crippen LogP contribution in [0, 0.1) is 13.8 Å². The summed E-state index contributed by atoms with van der Waals surface area (Å²) in [4.78, 5) is 13.0.